The lowest BCUT2D eigenvalue weighted by atomic mass is 10.4. The molecule has 0 amide bonds. The summed E-state index contributed by atoms with van der Waals surface area (Å²) < 4.78 is 0. The lowest BCUT2D eigenvalue weighted by molar-refractivity contribution is 1.54. The maximum atomic E-state index is 6.43. The van der Waals surface area contributed by atoms with Gasteiger partial charge in [0.1, 0.15) is 0 Å². The van der Waals surface area contributed by atoms with Crippen molar-refractivity contribution in [2.45, 2.75) is 0 Å². The Morgan fingerprint density at radius 3 is 1.67 bits per heavy atom. The first-order valence-electron chi connectivity index (χ1n) is 1.51. The van der Waals surface area contributed by atoms with Crippen molar-refractivity contribution in [1.82, 2.24) is 0 Å². The molecule has 0 spiro atoms. The van der Waals surface area contributed by atoms with E-state index in [-0.39, 0.29) is 0 Å². The minimum absolute atomic E-state index is 0.426. The van der Waals surface area contributed by atoms with Crippen molar-refractivity contribution >= 4 is 12.4 Å². The second kappa shape index (κ2) is 2.33. The Kier molecular flexibility index (Phi) is 1.97. The summed E-state index contributed by atoms with van der Waals surface area (Å²) in [6.07, 6.45) is 2.07. The van der Waals surface area contributed by atoms with Crippen molar-refractivity contribution in [1.29, 1.82) is 10.8 Å². The largest absolute Gasteiger partial charge is 0.308 e. The first-order valence-corrected chi connectivity index (χ1v) is 1.51. The zero-order valence-corrected chi connectivity index (χ0v) is 3.36. The van der Waals surface area contributed by atoms with Crippen molar-refractivity contribution in [3.8, 4) is 0 Å². The summed E-state index contributed by atoms with van der Waals surface area (Å²) in [5.74, 6) is 0. The maximum absolute atomic E-state index is 6.43. The second-order valence-electron chi connectivity index (χ2n) is 0.864. The van der Waals surface area contributed by atoms with Gasteiger partial charge in [-0.15, -0.1) is 0 Å². The summed E-state index contributed by atoms with van der Waals surface area (Å²) in [5.41, 5.74) is 0.426. The smallest absolute Gasteiger partial charge is 0.0259 e. The maximum Gasteiger partial charge on any atom is 0.0259 e. The highest BCUT2D eigenvalue weighted by Crippen LogP contribution is 1.69. The molecule has 0 aromatic rings. The molecule has 0 heterocycles. The summed E-state index contributed by atoms with van der Waals surface area (Å²) in [7, 11) is 0. The van der Waals surface area contributed by atoms with Gasteiger partial charge >= 0.3 is 0 Å². The quantitative estimate of drug-likeness (QED) is 0.464. The third-order valence-corrected chi connectivity index (χ3v) is 0.371. The lowest BCUT2D eigenvalue weighted by Crippen LogP contribution is -1.76. The topological polar surface area (TPSA) is 47.7 Å². The highest BCUT2D eigenvalue weighted by molar-refractivity contribution is 6.00. The van der Waals surface area contributed by atoms with Crippen molar-refractivity contribution in [3.63, 3.8) is 0 Å². The number of hydrogen-bond acceptors (Lipinski definition) is 2. The Bertz CT molecular complexity index is 73.5. The van der Waals surface area contributed by atoms with Gasteiger partial charge in [0.25, 0.3) is 0 Å². The zero-order chi connectivity index (χ0) is 4.99. The molecular formula is C4H6N2. The Morgan fingerprint density at radius 2 is 1.67 bits per heavy atom. The highest BCUT2D eigenvalue weighted by Gasteiger charge is 1.70. The first-order chi connectivity index (χ1) is 2.81. The molecule has 0 radical (unpaired) electrons. The molecule has 0 aromatic carbocycles. The van der Waals surface area contributed by atoms with Crippen molar-refractivity contribution in [2.24, 2.45) is 0 Å². The number of hydrogen-bond donors (Lipinski definition) is 2. The summed E-state index contributed by atoms with van der Waals surface area (Å²) in [4.78, 5) is 0. The lowest BCUT2D eigenvalue weighted by Gasteiger charge is -1.73. The standard InChI is InChI=1S/C4H6N2/c1-4(2-5)3-6/h2-3,5-6H,1H2. The van der Waals surface area contributed by atoms with Gasteiger partial charge in [-0.25, -0.2) is 0 Å². The van der Waals surface area contributed by atoms with Crippen LogP contribution < -0.4 is 0 Å². The van der Waals surface area contributed by atoms with E-state index in [9.17, 15) is 0 Å². The van der Waals surface area contributed by atoms with Gasteiger partial charge in [-0.1, -0.05) is 6.58 Å². The minimum Gasteiger partial charge on any atom is -0.308 e. The minimum atomic E-state index is 0.426. The van der Waals surface area contributed by atoms with Crippen LogP contribution in [0.2, 0.25) is 0 Å². The Balaban J connectivity index is 3.52. The Morgan fingerprint density at radius 1 is 1.33 bits per heavy atom. The van der Waals surface area contributed by atoms with Crippen LogP contribution in [0.3, 0.4) is 0 Å². The van der Waals surface area contributed by atoms with Crippen molar-refractivity contribution < 1.29 is 0 Å². The van der Waals surface area contributed by atoms with Crippen LogP contribution in [0, 0.1) is 10.8 Å². The molecule has 0 aliphatic carbocycles. The number of nitrogens with one attached hydrogen (secondary N) is 2. The van der Waals surface area contributed by atoms with Gasteiger partial charge < -0.3 is 10.8 Å². The van der Waals surface area contributed by atoms with Crippen molar-refractivity contribution in [2.75, 3.05) is 0 Å². The first kappa shape index (κ1) is 5.08. The van der Waals surface area contributed by atoms with Crippen LogP contribution in [0.5, 0.6) is 0 Å². The van der Waals surface area contributed by atoms with Gasteiger partial charge in [0.15, 0.2) is 0 Å². The molecule has 32 valence electrons. The fraction of sp³-hybridized carbons (Fsp3) is 0. The molecule has 0 unspecified atom stereocenters. The average molecular weight is 82.1 g/mol. The molecule has 0 aliphatic heterocycles. The van der Waals surface area contributed by atoms with Crippen LogP contribution >= 0.6 is 0 Å². The van der Waals surface area contributed by atoms with Gasteiger partial charge in [-0.2, -0.15) is 0 Å². The van der Waals surface area contributed by atoms with E-state index in [2.05, 4.69) is 6.58 Å². The SMILES string of the molecule is C=C(C=N)C=N. The van der Waals surface area contributed by atoms with Gasteiger partial charge in [-0.3, -0.25) is 0 Å². The molecule has 0 rings (SSSR count). The predicted octanol–water partition coefficient (Wildman–Crippen LogP) is 0.842. The number of allylic oxidation sites excluding steroid dienone is 1. The fourth-order valence-corrected chi connectivity index (χ4v) is 0.0417. The van der Waals surface area contributed by atoms with Crippen LogP contribution in [0.25, 0.3) is 0 Å². The second-order valence-corrected chi connectivity index (χ2v) is 0.864. The molecule has 0 aliphatic rings. The molecular weight excluding hydrogens is 76.1 g/mol. The van der Waals surface area contributed by atoms with Crippen LogP contribution in [0.15, 0.2) is 12.2 Å². The molecule has 0 atom stereocenters. The molecule has 2 nitrogen and oxygen atoms in total. The van der Waals surface area contributed by atoms with E-state index in [4.69, 9.17) is 10.8 Å². The fourth-order valence-electron chi connectivity index (χ4n) is 0.0417. The average Bonchev–Trinajstić information content (AvgIpc) is 1.65. The summed E-state index contributed by atoms with van der Waals surface area (Å²) in [6.45, 7) is 3.31. The summed E-state index contributed by atoms with van der Waals surface area (Å²) >= 11 is 0. The molecule has 2 N–H and O–H groups in total. The van der Waals surface area contributed by atoms with E-state index in [0.29, 0.717) is 5.57 Å². The van der Waals surface area contributed by atoms with Gasteiger partial charge in [0.2, 0.25) is 0 Å². The van der Waals surface area contributed by atoms with E-state index in [1.165, 1.54) is 0 Å². The number of rotatable bonds is 2. The van der Waals surface area contributed by atoms with E-state index in [1.807, 2.05) is 0 Å². The normalized spacial score (nSPS) is 6.67. The van der Waals surface area contributed by atoms with Crippen LogP contribution in [-0.2, 0) is 0 Å². The van der Waals surface area contributed by atoms with Crippen LogP contribution in [0.4, 0.5) is 0 Å². The van der Waals surface area contributed by atoms with E-state index >= 15 is 0 Å². The molecule has 0 bridgehead atoms. The van der Waals surface area contributed by atoms with Gasteiger partial charge in [0, 0.05) is 18.0 Å². The third-order valence-electron chi connectivity index (χ3n) is 0.371. The molecule has 2 heteroatoms. The third kappa shape index (κ3) is 1.40. The predicted molar refractivity (Wildman–Crippen MR) is 26.7 cm³/mol. The Labute approximate surface area is 36.5 Å². The van der Waals surface area contributed by atoms with E-state index < -0.39 is 0 Å². The molecule has 0 saturated heterocycles. The van der Waals surface area contributed by atoms with Gasteiger partial charge in [0.05, 0.1) is 0 Å². The molecule has 0 fully saturated rings. The zero-order valence-electron chi connectivity index (χ0n) is 3.36. The molecule has 0 saturated carbocycles. The van der Waals surface area contributed by atoms with Crippen LogP contribution in [-0.4, -0.2) is 12.4 Å². The highest BCUT2D eigenvalue weighted by atomic mass is 14.4. The molecule has 0 aromatic heterocycles. The molecule has 6 heavy (non-hydrogen) atoms. The summed E-state index contributed by atoms with van der Waals surface area (Å²) in [6, 6.07) is 0. The van der Waals surface area contributed by atoms with Crippen molar-refractivity contribution in [3.05, 3.63) is 12.2 Å². The summed E-state index contributed by atoms with van der Waals surface area (Å²) in [5, 5.41) is 12.9. The Hall–Kier alpha value is -0.920. The monoisotopic (exact) mass is 82.1 g/mol. The van der Waals surface area contributed by atoms with Crippen LogP contribution in [0.1, 0.15) is 0 Å². The van der Waals surface area contributed by atoms with E-state index in [1.54, 1.807) is 0 Å². The van der Waals surface area contributed by atoms with Gasteiger partial charge in [-0.05, 0) is 0 Å². The van der Waals surface area contributed by atoms with E-state index in [0.717, 1.165) is 12.4 Å².